The number of rotatable bonds is 4. The van der Waals surface area contributed by atoms with Crippen molar-refractivity contribution >= 4 is 16.7 Å². The number of hydrogen-bond acceptors (Lipinski definition) is 2. The lowest BCUT2D eigenvalue weighted by Gasteiger charge is -2.22. The van der Waals surface area contributed by atoms with Gasteiger partial charge in [0.1, 0.15) is 5.75 Å². The van der Waals surface area contributed by atoms with E-state index in [2.05, 4.69) is 6.92 Å². The molecule has 0 radical (unpaired) electrons. The molecule has 2 aromatic rings. The SMILES string of the molecule is CCCN(C(=O)c1cc2ccccc2cc1O)C1CC1. The Morgan fingerprint density at radius 1 is 1.25 bits per heavy atom. The van der Waals surface area contributed by atoms with Gasteiger partial charge in [-0.1, -0.05) is 31.2 Å². The smallest absolute Gasteiger partial charge is 0.257 e. The van der Waals surface area contributed by atoms with E-state index in [0.29, 0.717) is 11.6 Å². The number of phenolic OH excluding ortho intramolecular Hbond substituents is 1. The van der Waals surface area contributed by atoms with Crippen molar-refractivity contribution in [2.24, 2.45) is 0 Å². The van der Waals surface area contributed by atoms with Crippen LogP contribution in [0.4, 0.5) is 0 Å². The van der Waals surface area contributed by atoms with Crippen molar-refractivity contribution in [2.75, 3.05) is 6.54 Å². The molecule has 3 rings (SSSR count). The van der Waals surface area contributed by atoms with Crippen LogP contribution in [0.15, 0.2) is 36.4 Å². The Bertz CT molecular complexity index is 646. The zero-order valence-corrected chi connectivity index (χ0v) is 11.7. The topological polar surface area (TPSA) is 40.5 Å². The van der Waals surface area contributed by atoms with Gasteiger partial charge in [0, 0.05) is 12.6 Å². The highest BCUT2D eigenvalue weighted by Gasteiger charge is 2.33. The molecule has 0 saturated heterocycles. The molecule has 3 nitrogen and oxygen atoms in total. The van der Waals surface area contributed by atoms with Crippen molar-refractivity contribution in [3.8, 4) is 5.75 Å². The molecule has 104 valence electrons. The summed E-state index contributed by atoms with van der Waals surface area (Å²) in [6.07, 6.45) is 3.11. The molecule has 1 aliphatic rings. The van der Waals surface area contributed by atoms with E-state index >= 15 is 0 Å². The Morgan fingerprint density at radius 3 is 2.50 bits per heavy atom. The first-order chi connectivity index (χ1) is 9.70. The molecule has 2 aromatic carbocycles. The van der Waals surface area contributed by atoms with Crippen LogP contribution in [-0.4, -0.2) is 28.5 Å². The number of carbonyl (C=O) groups is 1. The Hall–Kier alpha value is -2.03. The van der Waals surface area contributed by atoms with Gasteiger partial charge in [-0.25, -0.2) is 0 Å². The van der Waals surface area contributed by atoms with E-state index in [0.717, 1.165) is 36.6 Å². The first-order valence-electron chi connectivity index (χ1n) is 7.23. The largest absolute Gasteiger partial charge is 0.507 e. The molecule has 0 heterocycles. The Morgan fingerprint density at radius 2 is 1.90 bits per heavy atom. The summed E-state index contributed by atoms with van der Waals surface area (Å²) in [5.41, 5.74) is 0.420. The minimum atomic E-state index is -0.0439. The maximum absolute atomic E-state index is 12.6. The number of benzene rings is 2. The summed E-state index contributed by atoms with van der Waals surface area (Å²) in [4.78, 5) is 14.6. The lowest BCUT2D eigenvalue weighted by Crippen LogP contribution is -2.33. The van der Waals surface area contributed by atoms with Crippen molar-refractivity contribution in [3.05, 3.63) is 42.0 Å². The highest BCUT2D eigenvalue weighted by atomic mass is 16.3. The molecule has 0 aliphatic heterocycles. The van der Waals surface area contributed by atoms with E-state index in [4.69, 9.17) is 0 Å². The Labute approximate surface area is 118 Å². The zero-order chi connectivity index (χ0) is 14.1. The van der Waals surface area contributed by atoms with Crippen LogP contribution in [0.2, 0.25) is 0 Å². The molecule has 1 amide bonds. The highest BCUT2D eigenvalue weighted by Crippen LogP contribution is 2.32. The van der Waals surface area contributed by atoms with Crippen LogP contribution in [0.3, 0.4) is 0 Å². The number of aromatic hydroxyl groups is 1. The van der Waals surface area contributed by atoms with Gasteiger partial charge >= 0.3 is 0 Å². The minimum absolute atomic E-state index is 0.0439. The van der Waals surface area contributed by atoms with Gasteiger partial charge in [-0.15, -0.1) is 0 Å². The van der Waals surface area contributed by atoms with Crippen molar-refractivity contribution in [3.63, 3.8) is 0 Å². The lowest BCUT2D eigenvalue weighted by molar-refractivity contribution is 0.0740. The Kier molecular flexibility index (Phi) is 3.35. The van der Waals surface area contributed by atoms with E-state index in [1.165, 1.54) is 0 Å². The van der Waals surface area contributed by atoms with Gasteiger partial charge in [0.25, 0.3) is 5.91 Å². The summed E-state index contributed by atoms with van der Waals surface area (Å²) in [7, 11) is 0. The maximum Gasteiger partial charge on any atom is 0.257 e. The standard InChI is InChI=1S/C17H19NO2/c1-2-9-18(14-7-8-14)17(20)15-10-12-5-3-4-6-13(12)11-16(15)19/h3-6,10-11,14,19H,2,7-9H2,1H3. The number of nitrogens with zero attached hydrogens (tertiary/aromatic N) is 1. The molecule has 0 unspecified atom stereocenters. The number of amides is 1. The minimum Gasteiger partial charge on any atom is -0.507 e. The normalized spacial score (nSPS) is 14.4. The monoisotopic (exact) mass is 269 g/mol. The van der Waals surface area contributed by atoms with E-state index in [-0.39, 0.29) is 11.7 Å². The molecule has 0 aromatic heterocycles. The number of phenols is 1. The van der Waals surface area contributed by atoms with Crippen LogP contribution in [0.1, 0.15) is 36.5 Å². The molecule has 3 heteroatoms. The second-order valence-corrected chi connectivity index (χ2v) is 5.45. The predicted molar refractivity (Wildman–Crippen MR) is 80.0 cm³/mol. The fourth-order valence-electron chi connectivity index (χ4n) is 2.63. The molecule has 1 N–H and O–H groups in total. The van der Waals surface area contributed by atoms with Crippen LogP contribution in [-0.2, 0) is 0 Å². The van der Waals surface area contributed by atoms with Crippen molar-refractivity contribution in [1.82, 2.24) is 4.90 Å². The maximum atomic E-state index is 12.6. The van der Waals surface area contributed by atoms with E-state index in [1.807, 2.05) is 29.2 Å². The van der Waals surface area contributed by atoms with Gasteiger partial charge in [-0.3, -0.25) is 4.79 Å². The average molecular weight is 269 g/mol. The molecule has 1 aliphatic carbocycles. The van der Waals surface area contributed by atoms with Gasteiger partial charge in [-0.05, 0) is 42.2 Å². The number of carbonyl (C=O) groups excluding carboxylic acids is 1. The first kappa shape index (κ1) is 13.0. The molecule has 0 bridgehead atoms. The third-order valence-electron chi connectivity index (χ3n) is 3.81. The van der Waals surface area contributed by atoms with E-state index in [1.54, 1.807) is 12.1 Å². The van der Waals surface area contributed by atoms with Crippen LogP contribution >= 0.6 is 0 Å². The predicted octanol–water partition coefficient (Wildman–Crippen LogP) is 3.56. The Balaban J connectivity index is 1.99. The highest BCUT2D eigenvalue weighted by molar-refractivity contribution is 6.01. The molecule has 20 heavy (non-hydrogen) atoms. The molecule has 1 fully saturated rings. The summed E-state index contributed by atoms with van der Waals surface area (Å²) in [6.45, 7) is 2.83. The second kappa shape index (κ2) is 5.16. The van der Waals surface area contributed by atoms with Crippen LogP contribution in [0, 0.1) is 0 Å². The lowest BCUT2D eigenvalue weighted by atomic mass is 10.0. The van der Waals surface area contributed by atoms with E-state index < -0.39 is 0 Å². The molecular formula is C17H19NO2. The summed E-state index contributed by atoms with van der Waals surface area (Å²) in [5.74, 6) is 0.0352. The van der Waals surface area contributed by atoms with Gasteiger partial charge in [0.15, 0.2) is 0 Å². The summed E-state index contributed by atoms with van der Waals surface area (Å²) < 4.78 is 0. The van der Waals surface area contributed by atoms with Crippen molar-refractivity contribution in [1.29, 1.82) is 0 Å². The van der Waals surface area contributed by atoms with Gasteiger partial charge in [0.2, 0.25) is 0 Å². The van der Waals surface area contributed by atoms with Crippen molar-refractivity contribution in [2.45, 2.75) is 32.2 Å². The average Bonchev–Trinajstić information content (AvgIpc) is 3.28. The number of fused-ring (bicyclic) bond motifs is 1. The third-order valence-corrected chi connectivity index (χ3v) is 3.81. The molecular weight excluding hydrogens is 250 g/mol. The zero-order valence-electron chi connectivity index (χ0n) is 11.7. The summed E-state index contributed by atoms with van der Waals surface area (Å²) in [6, 6.07) is 11.6. The molecule has 0 atom stereocenters. The van der Waals surface area contributed by atoms with Crippen LogP contribution in [0.5, 0.6) is 5.75 Å². The van der Waals surface area contributed by atoms with Crippen LogP contribution in [0.25, 0.3) is 10.8 Å². The molecule has 1 saturated carbocycles. The van der Waals surface area contributed by atoms with E-state index in [9.17, 15) is 9.90 Å². The first-order valence-corrected chi connectivity index (χ1v) is 7.23. The number of hydrogen-bond donors (Lipinski definition) is 1. The quantitative estimate of drug-likeness (QED) is 0.922. The van der Waals surface area contributed by atoms with Gasteiger partial charge in [-0.2, -0.15) is 0 Å². The van der Waals surface area contributed by atoms with Gasteiger partial charge < -0.3 is 10.0 Å². The van der Waals surface area contributed by atoms with Gasteiger partial charge in [0.05, 0.1) is 5.56 Å². The summed E-state index contributed by atoms with van der Waals surface area (Å²) in [5, 5.41) is 12.1. The fourth-order valence-corrected chi connectivity index (χ4v) is 2.63. The fraction of sp³-hybridized carbons (Fsp3) is 0.353. The third kappa shape index (κ3) is 2.36. The summed E-state index contributed by atoms with van der Waals surface area (Å²) >= 11 is 0. The van der Waals surface area contributed by atoms with Crippen molar-refractivity contribution < 1.29 is 9.90 Å². The molecule has 0 spiro atoms. The second-order valence-electron chi connectivity index (χ2n) is 5.45. The van der Waals surface area contributed by atoms with Crippen LogP contribution < -0.4 is 0 Å².